The number of rotatable bonds is 4. The van der Waals surface area contributed by atoms with Gasteiger partial charge in [0.1, 0.15) is 17.7 Å². The SMILES string of the molecule is NC(=O)c1nc(N[C@@H]2CCNC[C@@H]2F)nc(N)c1-c1cccc(Cl)c1Cl. The van der Waals surface area contributed by atoms with Gasteiger partial charge in [0.2, 0.25) is 5.95 Å². The number of hydrogen-bond donors (Lipinski definition) is 4. The van der Waals surface area contributed by atoms with Gasteiger partial charge in [-0.25, -0.2) is 9.37 Å². The molecule has 1 aromatic carbocycles. The molecule has 1 aromatic heterocycles. The number of alkyl halides is 1. The highest BCUT2D eigenvalue weighted by Crippen LogP contribution is 2.37. The molecule has 3 rings (SSSR count). The van der Waals surface area contributed by atoms with Crippen LogP contribution in [0.3, 0.4) is 0 Å². The molecule has 2 aromatic rings. The quantitative estimate of drug-likeness (QED) is 0.626. The molecule has 1 aliphatic heterocycles. The zero-order valence-corrected chi connectivity index (χ0v) is 15.1. The van der Waals surface area contributed by atoms with Gasteiger partial charge in [0.15, 0.2) is 0 Å². The topological polar surface area (TPSA) is 119 Å². The van der Waals surface area contributed by atoms with Gasteiger partial charge in [0.05, 0.1) is 21.7 Å². The number of nitrogens with zero attached hydrogens (tertiary/aromatic N) is 2. The van der Waals surface area contributed by atoms with Crippen LogP contribution < -0.4 is 22.1 Å². The summed E-state index contributed by atoms with van der Waals surface area (Å²) in [5.41, 5.74) is 12.0. The maximum Gasteiger partial charge on any atom is 0.268 e. The molecule has 6 N–H and O–H groups in total. The van der Waals surface area contributed by atoms with Gasteiger partial charge < -0.3 is 22.1 Å². The summed E-state index contributed by atoms with van der Waals surface area (Å²) in [4.78, 5) is 20.2. The van der Waals surface area contributed by atoms with E-state index < -0.39 is 18.1 Å². The van der Waals surface area contributed by atoms with E-state index in [2.05, 4.69) is 20.6 Å². The standard InChI is InChI=1S/C16H17Cl2FN6O/c17-8-3-1-2-7(12(8)18)11-13(15(21)26)24-16(25-14(11)20)23-10-4-5-22-6-9(10)19/h1-3,9-10,22H,4-6H2,(H2,21,26)(H3,20,23,24,25)/t9-,10+/m0/s1. The Morgan fingerprint density at radius 3 is 2.81 bits per heavy atom. The average Bonchev–Trinajstić information content (AvgIpc) is 2.59. The maximum absolute atomic E-state index is 14.0. The fraction of sp³-hybridized carbons (Fsp3) is 0.312. The number of nitrogens with two attached hydrogens (primary N) is 2. The summed E-state index contributed by atoms with van der Waals surface area (Å²) in [6, 6.07) is 4.40. The van der Waals surface area contributed by atoms with Crippen molar-refractivity contribution in [3.05, 3.63) is 33.9 Å². The summed E-state index contributed by atoms with van der Waals surface area (Å²) >= 11 is 12.3. The molecule has 0 bridgehead atoms. The van der Waals surface area contributed by atoms with Gasteiger partial charge in [0, 0.05) is 12.1 Å². The maximum atomic E-state index is 14.0. The molecule has 0 spiro atoms. The van der Waals surface area contributed by atoms with Crippen molar-refractivity contribution in [1.82, 2.24) is 15.3 Å². The van der Waals surface area contributed by atoms with Gasteiger partial charge in [0.25, 0.3) is 5.91 Å². The Kier molecular flexibility index (Phi) is 5.45. The third-order valence-electron chi connectivity index (χ3n) is 4.11. The van der Waals surface area contributed by atoms with Gasteiger partial charge in [-0.05, 0) is 19.0 Å². The average molecular weight is 399 g/mol. The second kappa shape index (κ2) is 7.61. The first kappa shape index (κ1) is 18.6. The summed E-state index contributed by atoms with van der Waals surface area (Å²) in [6.07, 6.45) is -0.578. The van der Waals surface area contributed by atoms with Crippen LogP contribution in [0.15, 0.2) is 18.2 Å². The molecule has 2 heterocycles. The fourth-order valence-corrected chi connectivity index (χ4v) is 3.23. The predicted molar refractivity (Wildman–Crippen MR) is 100 cm³/mol. The van der Waals surface area contributed by atoms with Gasteiger partial charge in [-0.1, -0.05) is 35.3 Å². The number of halogens is 3. The third kappa shape index (κ3) is 3.67. The summed E-state index contributed by atoms with van der Waals surface area (Å²) < 4.78 is 14.0. The van der Waals surface area contributed by atoms with Crippen LogP contribution in [0.5, 0.6) is 0 Å². The van der Waals surface area contributed by atoms with Crippen LogP contribution >= 0.6 is 23.2 Å². The molecule has 1 aliphatic rings. The molecule has 0 unspecified atom stereocenters. The lowest BCUT2D eigenvalue weighted by Crippen LogP contribution is -2.45. The number of hydrogen-bond acceptors (Lipinski definition) is 6. The van der Waals surface area contributed by atoms with Crippen LogP contribution in [-0.2, 0) is 0 Å². The lowest BCUT2D eigenvalue weighted by molar-refractivity contribution is 0.0996. The molecule has 0 radical (unpaired) electrons. The second-order valence-electron chi connectivity index (χ2n) is 5.88. The zero-order valence-electron chi connectivity index (χ0n) is 13.6. The molecule has 7 nitrogen and oxygen atoms in total. The van der Waals surface area contributed by atoms with Crippen LogP contribution in [0.2, 0.25) is 10.0 Å². The highest BCUT2D eigenvalue weighted by atomic mass is 35.5. The molecule has 10 heteroatoms. The molecule has 138 valence electrons. The Bertz CT molecular complexity index is 850. The van der Waals surface area contributed by atoms with Gasteiger partial charge in [-0.15, -0.1) is 0 Å². The van der Waals surface area contributed by atoms with Crippen molar-refractivity contribution in [2.24, 2.45) is 5.73 Å². The van der Waals surface area contributed by atoms with Gasteiger partial charge >= 0.3 is 0 Å². The lowest BCUT2D eigenvalue weighted by Gasteiger charge is -2.27. The van der Waals surface area contributed by atoms with Gasteiger partial charge in [-0.3, -0.25) is 4.79 Å². The molecular weight excluding hydrogens is 382 g/mol. The van der Waals surface area contributed by atoms with Crippen LogP contribution in [0, 0.1) is 0 Å². The van der Waals surface area contributed by atoms with Crippen molar-refractivity contribution in [3.63, 3.8) is 0 Å². The largest absolute Gasteiger partial charge is 0.383 e. The summed E-state index contributed by atoms with van der Waals surface area (Å²) in [6.45, 7) is 0.887. The van der Waals surface area contributed by atoms with Crippen molar-refractivity contribution in [3.8, 4) is 11.1 Å². The van der Waals surface area contributed by atoms with Crippen LogP contribution in [0.1, 0.15) is 16.9 Å². The minimum absolute atomic E-state index is 0.00944. The van der Waals surface area contributed by atoms with E-state index in [9.17, 15) is 9.18 Å². The highest BCUT2D eigenvalue weighted by molar-refractivity contribution is 6.44. The molecule has 0 saturated carbocycles. The first-order chi connectivity index (χ1) is 12.4. The van der Waals surface area contributed by atoms with E-state index in [4.69, 9.17) is 34.7 Å². The Hall–Kier alpha value is -2.16. The molecule has 1 saturated heterocycles. The summed E-state index contributed by atoms with van der Waals surface area (Å²) in [5, 5.41) is 6.33. The number of amides is 1. The van der Waals surface area contributed by atoms with Crippen LogP contribution in [-0.4, -0.2) is 41.2 Å². The molecule has 2 atom stereocenters. The van der Waals surface area contributed by atoms with E-state index in [1.807, 2.05) is 0 Å². The molecule has 26 heavy (non-hydrogen) atoms. The lowest BCUT2D eigenvalue weighted by atomic mass is 10.0. The van der Waals surface area contributed by atoms with Crippen molar-refractivity contribution in [2.45, 2.75) is 18.6 Å². The first-order valence-electron chi connectivity index (χ1n) is 7.91. The number of benzene rings is 1. The Morgan fingerprint density at radius 2 is 2.12 bits per heavy atom. The fourth-order valence-electron chi connectivity index (χ4n) is 2.83. The Labute approximate surface area is 159 Å². The smallest absolute Gasteiger partial charge is 0.268 e. The van der Waals surface area contributed by atoms with Crippen molar-refractivity contribution >= 4 is 40.9 Å². The predicted octanol–water partition coefficient (Wildman–Crippen LogP) is 2.24. The molecule has 1 amide bonds. The highest BCUT2D eigenvalue weighted by Gasteiger charge is 2.27. The third-order valence-corrected chi connectivity index (χ3v) is 4.93. The minimum atomic E-state index is -1.12. The monoisotopic (exact) mass is 398 g/mol. The molecular formula is C16H17Cl2FN6O. The molecule has 1 fully saturated rings. The Morgan fingerprint density at radius 1 is 1.35 bits per heavy atom. The normalized spacial score (nSPS) is 20.0. The number of nitrogen functional groups attached to an aromatic ring is 1. The van der Waals surface area contributed by atoms with Gasteiger partial charge in [-0.2, -0.15) is 4.98 Å². The number of primary amides is 1. The number of carbonyl (C=O) groups excluding carboxylic acids is 1. The minimum Gasteiger partial charge on any atom is -0.383 e. The number of anilines is 2. The first-order valence-corrected chi connectivity index (χ1v) is 8.67. The van der Waals surface area contributed by atoms with E-state index in [-0.39, 0.29) is 39.6 Å². The van der Waals surface area contributed by atoms with Crippen molar-refractivity contribution < 1.29 is 9.18 Å². The summed E-state index contributed by atoms with van der Waals surface area (Å²) in [7, 11) is 0. The number of aromatic nitrogens is 2. The number of nitrogens with one attached hydrogen (secondary N) is 2. The zero-order chi connectivity index (χ0) is 18.8. The van der Waals surface area contributed by atoms with Crippen molar-refractivity contribution in [1.29, 1.82) is 0 Å². The van der Waals surface area contributed by atoms with Crippen LogP contribution in [0.25, 0.3) is 11.1 Å². The van der Waals surface area contributed by atoms with E-state index in [1.54, 1.807) is 18.2 Å². The Balaban J connectivity index is 2.04. The van der Waals surface area contributed by atoms with E-state index in [0.717, 1.165) is 0 Å². The van der Waals surface area contributed by atoms with Crippen molar-refractivity contribution in [2.75, 3.05) is 24.1 Å². The second-order valence-corrected chi connectivity index (χ2v) is 6.67. The van der Waals surface area contributed by atoms with E-state index in [0.29, 0.717) is 18.5 Å². The van der Waals surface area contributed by atoms with Crippen LogP contribution in [0.4, 0.5) is 16.2 Å². The van der Waals surface area contributed by atoms with E-state index in [1.165, 1.54) is 0 Å². The summed E-state index contributed by atoms with van der Waals surface area (Å²) in [5.74, 6) is -0.784. The molecule has 0 aliphatic carbocycles. The number of piperidine rings is 1. The van der Waals surface area contributed by atoms with E-state index >= 15 is 0 Å². The number of carbonyl (C=O) groups is 1.